The summed E-state index contributed by atoms with van der Waals surface area (Å²) in [6.07, 6.45) is 5.71. The maximum Gasteiger partial charge on any atom is 0.0775 e. The minimum Gasteiger partial charge on any atom is -0.237 e. The maximum absolute atomic E-state index is 4.65. The second-order valence-electron chi connectivity index (χ2n) is 5.72. The molecule has 1 aliphatic carbocycles. The summed E-state index contributed by atoms with van der Waals surface area (Å²) in [4.78, 5) is 0. The monoisotopic (exact) mass is 250 g/mol. The number of benzene rings is 1. The molecule has 0 saturated heterocycles. The van der Waals surface area contributed by atoms with E-state index in [1.54, 1.807) is 0 Å². The van der Waals surface area contributed by atoms with E-state index in [0.29, 0.717) is 0 Å². The number of aromatic nitrogens is 2. The van der Waals surface area contributed by atoms with Crippen molar-refractivity contribution in [3.05, 3.63) is 47.3 Å². The van der Waals surface area contributed by atoms with Gasteiger partial charge in [-0.1, -0.05) is 24.6 Å². The largest absolute Gasteiger partial charge is 0.237 e. The zero-order valence-corrected chi connectivity index (χ0v) is 11.5. The van der Waals surface area contributed by atoms with Crippen molar-refractivity contribution in [2.24, 2.45) is 0 Å². The first kappa shape index (κ1) is 11.0. The molecule has 0 bridgehead atoms. The first-order valence-electron chi connectivity index (χ1n) is 7.18. The minimum absolute atomic E-state index is 0.720. The normalized spacial score (nSPS) is 15.5. The molecular formula is C17H18N2. The highest BCUT2D eigenvalue weighted by atomic mass is 15.2. The lowest BCUT2D eigenvalue weighted by Crippen LogP contribution is -1.98. The number of hydrogen-bond acceptors (Lipinski definition) is 1. The van der Waals surface area contributed by atoms with Gasteiger partial charge >= 0.3 is 0 Å². The van der Waals surface area contributed by atoms with E-state index >= 15 is 0 Å². The molecule has 0 N–H and O–H groups in total. The zero-order valence-electron chi connectivity index (χ0n) is 11.5. The predicted molar refractivity (Wildman–Crippen MR) is 78.8 cm³/mol. The van der Waals surface area contributed by atoms with Crippen LogP contribution >= 0.6 is 0 Å². The van der Waals surface area contributed by atoms with Gasteiger partial charge in [0.1, 0.15) is 0 Å². The Morgan fingerprint density at radius 1 is 1.26 bits per heavy atom. The fraction of sp³-hybridized carbons (Fsp3) is 0.353. The van der Waals surface area contributed by atoms with Gasteiger partial charge < -0.3 is 0 Å². The van der Waals surface area contributed by atoms with E-state index in [2.05, 4.69) is 47.7 Å². The Hall–Kier alpha value is -1.83. The van der Waals surface area contributed by atoms with Crippen LogP contribution in [0.4, 0.5) is 0 Å². The van der Waals surface area contributed by atoms with Gasteiger partial charge in [-0.2, -0.15) is 5.10 Å². The molecule has 19 heavy (non-hydrogen) atoms. The fourth-order valence-corrected chi connectivity index (χ4v) is 3.02. The predicted octanol–water partition coefficient (Wildman–Crippen LogP) is 4.24. The van der Waals surface area contributed by atoms with E-state index in [1.165, 1.54) is 46.0 Å². The van der Waals surface area contributed by atoms with Gasteiger partial charge in [-0.15, -0.1) is 0 Å². The van der Waals surface area contributed by atoms with Crippen LogP contribution in [0, 0.1) is 6.92 Å². The van der Waals surface area contributed by atoms with Gasteiger partial charge in [0.2, 0.25) is 0 Å². The van der Waals surface area contributed by atoms with E-state index in [9.17, 15) is 0 Å². The minimum atomic E-state index is 0.720. The summed E-state index contributed by atoms with van der Waals surface area (Å²) < 4.78 is 2.19. The zero-order chi connectivity index (χ0) is 13.0. The van der Waals surface area contributed by atoms with Gasteiger partial charge in [-0.25, -0.2) is 4.52 Å². The van der Waals surface area contributed by atoms with Crippen molar-refractivity contribution in [3.8, 4) is 0 Å². The van der Waals surface area contributed by atoms with E-state index in [4.69, 9.17) is 0 Å². The summed E-state index contributed by atoms with van der Waals surface area (Å²) in [5, 5.41) is 7.35. The summed E-state index contributed by atoms with van der Waals surface area (Å²) in [6.45, 7) is 4.37. The van der Waals surface area contributed by atoms with E-state index < -0.39 is 0 Å². The number of aryl methyl sites for hydroxylation is 2. The summed E-state index contributed by atoms with van der Waals surface area (Å²) in [5.41, 5.74) is 5.39. The van der Waals surface area contributed by atoms with Crippen LogP contribution in [0.1, 0.15) is 42.5 Å². The molecular weight excluding hydrogens is 232 g/mol. The van der Waals surface area contributed by atoms with Crippen LogP contribution < -0.4 is 0 Å². The second-order valence-corrected chi connectivity index (χ2v) is 5.72. The third-order valence-corrected chi connectivity index (χ3v) is 4.23. The van der Waals surface area contributed by atoms with Gasteiger partial charge in [0.15, 0.2) is 0 Å². The highest BCUT2D eigenvalue weighted by molar-refractivity contribution is 5.98. The molecule has 0 radical (unpaired) electrons. The van der Waals surface area contributed by atoms with Gasteiger partial charge in [0, 0.05) is 17.0 Å². The van der Waals surface area contributed by atoms with Crippen molar-refractivity contribution in [2.45, 2.75) is 39.0 Å². The number of pyridine rings is 1. The molecule has 0 unspecified atom stereocenters. The molecule has 2 heteroatoms. The molecule has 0 amide bonds. The Morgan fingerprint density at radius 3 is 2.84 bits per heavy atom. The lowest BCUT2D eigenvalue weighted by atomic mass is 10.0. The van der Waals surface area contributed by atoms with E-state index in [-0.39, 0.29) is 0 Å². The first-order valence-corrected chi connectivity index (χ1v) is 7.18. The van der Waals surface area contributed by atoms with Crippen molar-refractivity contribution in [3.63, 3.8) is 0 Å². The average Bonchev–Trinajstić information content (AvgIpc) is 3.16. The molecule has 0 atom stereocenters. The molecule has 96 valence electrons. The van der Waals surface area contributed by atoms with E-state index in [1.807, 2.05) is 6.20 Å². The van der Waals surface area contributed by atoms with Crippen LogP contribution in [0.25, 0.3) is 16.3 Å². The third kappa shape index (κ3) is 1.59. The Balaban J connectivity index is 2.19. The summed E-state index contributed by atoms with van der Waals surface area (Å²) in [7, 11) is 0. The third-order valence-electron chi connectivity index (χ3n) is 4.23. The maximum atomic E-state index is 4.65. The Kier molecular flexibility index (Phi) is 2.22. The lowest BCUT2D eigenvalue weighted by Gasteiger charge is -2.09. The summed E-state index contributed by atoms with van der Waals surface area (Å²) in [6, 6.07) is 9.09. The SMILES string of the molecule is CCc1cnn2c(C3CC3)cc3ccc(C)cc3c12. The number of nitrogens with zero attached hydrogens (tertiary/aromatic N) is 2. The number of rotatable bonds is 2. The van der Waals surface area contributed by atoms with Crippen molar-refractivity contribution in [1.82, 2.24) is 9.61 Å². The lowest BCUT2D eigenvalue weighted by molar-refractivity contribution is 0.863. The van der Waals surface area contributed by atoms with Gasteiger partial charge in [0.05, 0.1) is 11.7 Å². The molecule has 0 spiro atoms. The average molecular weight is 250 g/mol. The van der Waals surface area contributed by atoms with Gasteiger partial charge in [-0.05, 0) is 49.3 Å². The molecule has 0 aliphatic heterocycles. The molecule has 1 fully saturated rings. The van der Waals surface area contributed by atoms with Crippen LogP contribution in [-0.2, 0) is 6.42 Å². The van der Waals surface area contributed by atoms with Gasteiger partial charge in [0.25, 0.3) is 0 Å². The number of fused-ring (bicyclic) bond motifs is 3. The quantitative estimate of drug-likeness (QED) is 0.665. The van der Waals surface area contributed by atoms with E-state index in [0.717, 1.165) is 12.3 Å². The van der Waals surface area contributed by atoms with Crippen LogP contribution in [0.2, 0.25) is 0 Å². The van der Waals surface area contributed by atoms with Crippen molar-refractivity contribution in [1.29, 1.82) is 0 Å². The van der Waals surface area contributed by atoms with Crippen LogP contribution in [0.15, 0.2) is 30.5 Å². The van der Waals surface area contributed by atoms with Gasteiger partial charge in [-0.3, -0.25) is 0 Å². The Bertz CT molecular complexity index is 779. The molecule has 3 aromatic rings. The van der Waals surface area contributed by atoms with Crippen molar-refractivity contribution in [2.75, 3.05) is 0 Å². The second kappa shape index (κ2) is 3.83. The molecule has 1 saturated carbocycles. The Labute approximate surface area is 113 Å². The van der Waals surface area contributed by atoms with Crippen molar-refractivity contribution < 1.29 is 0 Å². The molecule has 2 aromatic heterocycles. The highest BCUT2D eigenvalue weighted by Gasteiger charge is 2.27. The number of hydrogen-bond donors (Lipinski definition) is 0. The topological polar surface area (TPSA) is 17.3 Å². The highest BCUT2D eigenvalue weighted by Crippen LogP contribution is 2.42. The van der Waals surface area contributed by atoms with Crippen molar-refractivity contribution >= 4 is 16.3 Å². The molecule has 4 rings (SSSR count). The smallest absolute Gasteiger partial charge is 0.0775 e. The fourth-order valence-electron chi connectivity index (χ4n) is 3.02. The molecule has 1 aromatic carbocycles. The standard InChI is InChI=1S/C17H18N2/c1-3-12-10-18-19-16(13-6-7-13)9-14-5-4-11(2)8-15(14)17(12)19/h4-5,8-10,13H,3,6-7H2,1-2H3. The summed E-state index contributed by atoms with van der Waals surface area (Å²) >= 11 is 0. The summed E-state index contributed by atoms with van der Waals surface area (Å²) in [5.74, 6) is 0.720. The first-order chi connectivity index (χ1) is 9.28. The molecule has 2 nitrogen and oxygen atoms in total. The van der Waals surface area contributed by atoms with Crippen LogP contribution in [-0.4, -0.2) is 9.61 Å². The van der Waals surface area contributed by atoms with Crippen LogP contribution in [0.3, 0.4) is 0 Å². The molecule has 1 aliphatic rings. The molecule has 2 heterocycles. The Morgan fingerprint density at radius 2 is 2.11 bits per heavy atom. The van der Waals surface area contributed by atoms with Crippen LogP contribution in [0.5, 0.6) is 0 Å².